The van der Waals surface area contributed by atoms with Crippen LogP contribution in [0.25, 0.3) is 17.2 Å². The van der Waals surface area contributed by atoms with Crippen molar-refractivity contribution in [2.45, 2.75) is 19.9 Å². The van der Waals surface area contributed by atoms with E-state index in [2.05, 4.69) is 4.98 Å². The van der Waals surface area contributed by atoms with Crippen LogP contribution in [0.2, 0.25) is 0 Å². The van der Waals surface area contributed by atoms with Crippen molar-refractivity contribution in [2.24, 2.45) is 0 Å². The fourth-order valence-electron chi connectivity index (χ4n) is 2.08. The number of nitrogens with zero attached hydrogens (tertiary/aromatic N) is 2. The Kier molecular flexibility index (Phi) is 5.36. The highest BCUT2D eigenvalue weighted by Crippen LogP contribution is 2.30. The van der Waals surface area contributed by atoms with Crippen molar-refractivity contribution in [2.75, 3.05) is 11.9 Å². The number of aromatic nitrogens is 1. The Balaban J connectivity index is 2.54. The summed E-state index contributed by atoms with van der Waals surface area (Å²) in [4.78, 5) is 6.40. The largest absolute Gasteiger partial charge is 0.357 e. The minimum absolute atomic E-state index is 0.150. The molecule has 7 heteroatoms. The van der Waals surface area contributed by atoms with E-state index >= 15 is 0 Å². The molecule has 0 bridgehead atoms. The first-order chi connectivity index (χ1) is 11.2. The Morgan fingerprint density at radius 2 is 1.79 bits per heavy atom. The molecule has 2 rings (SSSR count). The Morgan fingerprint density at radius 3 is 2.33 bits per heavy atom. The van der Waals surface area contributed by atoms with Gasteiger partial charge in [0.15, 0.2) is 0 Å². The quantitative estimate of drug-likeness (QED) is 0.835. The predicted octanol–water partition coefficient (Wildman–Crippen LogP) is 3.59. The summed E-state index contributed by atoms with van der Waals surface area (Å²) in [7, 11) is -2.34. The minimum Gasteiger partial charge on any atom is -0.357 e. The van der Waals surface area contributed by atoms with Crippen LogP contribution in [-0.2, 0) is 10.1 Å². The van der Waals surface area contributed by atoms with Crippen LogP contribution >= 0.6 is 0 Å². The molecule has 0 amide bonds. The van der Waals surface area contributed by atoms with Crippen LogP contribution in [0.1, 0.15) is 19.5 Å². The first-order valence-corrected chi connectivity index (χ1v) is 8.83. The zero-order valence-electron chi connectivity index (χ0n) is 13.6. The molecule has 128 valence electrons. The van der Waals surface area contributed by atoms with E-state index in [9.17, 15) is 12.8 Å². The van der Waals surface area contributed by atoms with Crippen LogP contribution in [0, 0.1) is 5.82 Å². The summed E-state index contributed by atoms with van der Waals surface area (Å²) in [6, 6.07) is 9.66. The smallest absolute Gasteiger partial charge is 0.287 e. The highest BCUT2D eigenvalue weighted by Gasteiger charge is 2.14. The van der Waals surface area contributed by atoms with Crippen molar-refractivity contribution in [3.8, 4) is 11.1 Å². The third kappa shape index (κ3) is 4.62. The van der Waals surface area contributed by atoms with Crippen LogP contribution in [0.5, 0.6) is 0 Å². The molecule has 0 fully saturated rings. The van der Waals surface area contributed by atoms with Gasteiger partial charge >= 0.3 is 0 Å². The number of hydrogen-bond donors (Lipinski definition) is 1. The maximum absolute atomic E-state index is 13.2. The Hall–Kier alpha value is -2.25. The van der Waals surface area contributed by atoms with Crippen molar-refractivity contribution in [3.05, 3.63) is 53.3 Å². The van der Waals surface area contributed by atoms with E-state index < -0.39 is 10.1 Å². The predicted molar refractivity (Wildman–Crippen MR) is 93.8 cm³/mol. The van der Waals surface area contributed by atoms with Gasteiger partial charge in [-0.25, -0.2) is 9.37 Å². The van der Waals surface area contributed by atoms with E-state index in [-0.39, 0.29) is 11.9 Å². The fourth-order valence-corrected chi connectivity index (χ4v) is 2.39. The average molecular weight is 350 g/mol. The number of hydrogen-bond acceptors (Lipinski definition) is 4. The molecule has 0 radical (unpaired) electrons. The van der Waals surface area contributed by atoms with Gasteiger partial charge in [0.05, 0.1) is 11.1 Å². The normalized spacial score (nSPS) is 12.1. The molecular formula is C17H19FN2O3S. The van der Waals surface area contributed by atoms with Crippen LogP contribution in [0.3, 0.4) is 0 Å². The minimum atomic E-state index is -4.21. The summed E-state index contributed by atoms with van der Waals surface area (Å²) in [5.74, 6) is 0.312. The Morgan fingerprint density at radius 1 is 1.17 bits per heavy atom. The topological polar surface area (TPSA) is 70.5 Å². The Labute approximate surface area is 141 Å². The molecule has 2 aromatic rings. The van der Waals surface area contributed by atoms with Crippen molar-refractivity contribution in [1.29, 1.82) is 0 Å². The highest BCUT2D eigenvalue weighted by atomic mass is 32.2. The molecule has 1 aromatic carbocycles. The van der Waals surface area contributed by atoms with Gasteiger partial charge in [-0.3, -0.25) is 4.55 Å². The molecule has 0 unspecified atom stereocenters. The second kappa shape index (κ2) is 7.11. The number of rotatable bonds is 5. The molecule has 1 aromatic heterocycles. The zero-order chi connectivity index (χ0) is 17.9. The van der Waals surface area contributed by atoms with E-state index in [0.29, 0.717) is 16.9 Å². The van der Waals surface area contributed by atoms with Gasteiger partial charge in [-0.1, -0.05) is 12.1 Å². The van der Waals surface area contributed by atoms with Gasteiger partial charge < -0.3 is 4.90 Å². The van der Waals surface area contributed by atoms with Crippen LogP contribution in [0.4, 0.5) is 10.2 Å². The van der Waals surface area contributed by atoms with Gasteiger partial charge in [-0.15, -0.1) is 0 Å². The molecule has 1 N–H and O–H groups in total. The number of pyridine rings is 1. The van der Waals surface area contributed by atoms with Crippen LogP contribution in [0.15, 0.2) is 41.8 Å². The number of anilines is 1. The number of halogens is 1. The molecule has 0 aliphatic carbocycles. The molecule has 0 saturated heterocycles. The molecule has 0 saturated carbocycles. The van der Waals surface area contributed by atoms with Crippen molar-refractivity contribution in [1.82, 2.24) is 4.98 Å². The first kappa shape index (κ1) is 18.1. The summed E-state index contributed by atoms with van der Waals surface area (Å²) in [6.45, 7) is 3.99. The van der Waals surface area contributed by atoms with Crippen molar-refractivity contribution in [3.63, 3.8) is 0 Å². The molecule has 5 nitrogen and oxygen atoms in total. The van der Waals surface area contributed by atoms with Gasteiger partial charge in [-0.05, 0) is 49.8 Å². The van der Waals surface area contributed by atoms with Crippen LogP contribution < -0.4 is 4.90 Å². The molecule has 0 aliphatic rings. The summed E-state index contributed by atoms with van der Waals surface area (Å²) in [5.41, 5.74) is 1.99. The summed E-state index contributed by atoms with van der Waals surface area (Å²) in [5, 5.41) is 0.687. The molecule has 0 atom stereocenters. The monoisotopic (exact) mass is 350 g/mol. The average Bonchev–Trinajstić information content (AvgIpc) is 2.52. The van der Waals surface area contributed by atoms with E-state index in [1.807, 2.05) is 25.8 Å². The summed E-state index contributed by atoms with van der Waals surface area (Å²) >= 11 is 0. The maximum atomic E-state index is 13.2. The molecule has 0 spiro atoms. The van der Waals surface area contributed by atoms with Crippen molar-refractivity contribution < 1.29 is 17.4 Å². The highest BCUT2D eigenvalue weighted by molar-refractivity contribution is 7.88. The van der Waals surface area contributed by atoms with E-state index in [4.69, 9.17) is 4.55 Å². The van der Waals surface area contributed by atoms with Crippen LogP contribution in [-0.4, -0.2) is 31.0 Å². The number of benzene rings is 1. The van der Waals surface area contributed by atoms with Gasteiger partial charge in [0.1, 0.15) is 11.6 Å². The van der Waals surface area contributed by atoms with Gasteiger partial charge in [-0.2, -0.15) is 8.42 Å². The lowest BCUT2D eigenvalue weighted by molar-refractivity contribution is 0.494. The second-order valence-corrected chi connectivity index (χ2v) is 6.94. The van der Waals surface area contributed by atoms with Gasteiger partial charge in [0.25, 0.3) is 10.1 Å². The Bertz CT molecular complexity index is 847. The standard InChI is InChI=1S/C17H19FN2O3S/c1-12(2)20(3)17-16(13-4-6-14(18)7-5-13)9-8-15(19-17)10-11-24(21,22)23/h4-12H,1-3H3,(H,21,22,23)/b11-10+. The van der Waals surface area contributed by atoms with E-state index in [1.165, 1.54) is 18.2 Å². The third-order valence-corrected chi connectivity index (χ3v) is 4.05. The maximum Gasteiger partial charge on any atom is 0.287 e. The lowest BCUT2D eigenvalue weighted by Crippen LogP contribution is -2.27. The molecule has 24 heavy (non-hydrogen) atoms. The SMILES string of the molecule is CC(C)N(C)c1nc(/C=C/S(=O)(=O)O)ccc1-c1ccc(F)cc1. The molecule has 1 heterocycles. The summed E-state index contributed by atoms with van der Waals surface area (Å²) in [6.07, 6.45) is 1.22. The lowest BCUT2D eigenvalue weighted by atomic mass is 10.0. The van der Waals surface area contributed by atoms with Gasteiger partial charge in [0, 0.05) is 18.7 Å². The molecular weight excluding hydrogens is 331 g/mol. The third-order valence-electron chi connectivity index (χ3n) is 3.57. The van der Waals surface area contributed by atoms with E-state index in [0.717, 1.165) is 11.1 Å². The van der Waals surface area contributed by atoms with E-state index in [1.54, 1.807) is 24.3 Å². The fraction of sp³-hybridized carbons (Fsp3) is 0.235. The first-order valence-electron chi connectivity index (χ1n) is 7.33. The van der Waals surface area contributed by atoms with Gasteiger partial charge in [0.2, 0.25) is 0 Å². The summed E-state index contributed by atoms with van der Waals surface area (Å²) < 4.78 is 43.7. The zero-order valence-corrected chi connectivity index (χ0v) is 14.5. The second-order valence-electron chi connectivity index (χ2n) is 5.64. The molecule has 0 aliphatic heterocycles. The lowest BCUT2D eigenvalue weighted by Gasteiger charge is -2.25. The van der Waals surface area contributed by atoms with Crippen molar-refractivity contribution >= 4 is 22.0 Å².